The Morgan fingerprint density at radius 2 is 1.58 bits per heavy atom. The summed E-state index contributed by atoms with van der Waals surface area (Å²) in [5.41, 5.74) is 2.67. The molecule has 0 radical (unpaired) electrons. The second-order valence-electron chi connectivity index (χ2n) is 6.31. The highest BCUT2D eigenvalue weighted by Crippen LogP contribution is 2.19. The Morgan fingerprint density at radius 1 is 0.923 bits per heavy atom. The second-order valence-corrected chi connectivity index (χ2v) is 6.31. The van der Waals surface area contributed by atoms with E-state index in [1.54, 1.807) is 38.1 Å². The molecule has 0 amide bonds. The molecule has 0 aliphatic carbocycles. The molecule has 2 rings (SSSR count). The van der Waals surface area contributed by atoms with Gasteiger partial charge in [0.25, 0.3) is 0 Å². The number of hydrogen-bond donors (Lipinski definition) is 0. The summed E-state index contributed by atoms with van der Waals surface area (Å²) in [4.78, 5) is 36.8. The van der Waals surface area contributed by atoms with E-state index in [0.29, 0.717) is 5.56 Å². The van der Waals surface area contributed by atoms with Gasteiger partial charge in [0, 0.05) is 11.1 Å². The van der Waals surface area contributed by atoms with Gasteiger partial charge in [-0.3, -0.25) is 4.79 Å². The highest BCUT2D eigenvalue weighted by atomic mass is 16.6. The maximum Gasteiger partial charge on any atom is 0.344 e. The molecule has 0 saturated heterocycles. The van der Waals surface area contributed by atoms with Crippen LogP contribution in [0.2, 0.25) is 0 Å². The first-order chi connectivity index (χ1) is 12.3. The molecular formula is C21H22O5. The fourth-order valence-electron chi connectivity index (χ4n) is 2.48. The number of ether oxygens (including phenoxy) is 2. The first-order valence-electron chi connectivity index (χ1n) is 8.37. The van der Waals surface area contributed by atoms with Crippen LogP contribution < -0.4 is 0 Å². The number of carbonyl (C=O) groups is 3. The molecule has 0 unspecified atom stereocenters. The third-order valence-electron chi connectivity index (χ3n) is 3.72. The Bertz CT molecular complexity index is 836. The monoisotopic (exact) mass is 354 g/mol. The summed E-state index contributed by atoms with van der Waals surface area (Å²) in [6.45, 7) is 6.66. The van der Waals surface area contributed by atoms with Crippen LogP contribution in [0, 0.1) is 13.8 Å². The molecule has 5 nitrogen and oxygen atoms in total. The minimum Gasteiger partial charge on any atom is -0.460 e. The Balaban J connectivity index is 2.24. The number of rotatable bonds is 6. The highest BCUT2D eigenvalue weighted by Gasteiger charge is 2.21. The predicted molar refractivity (Wildman–Crippen MR) is 97.3 cm³/mol. The first-order valence-corrected chi connectivity index (χ1v) is 8.37. The van der Waals surface area contributed by atoms with E-state index in [9.17, 15) is 14.4 Å². The molecule has 0 aliphatic heterocycles. The predicted octanol–water partition coefficient (Wildman–Crippen LogP) is 3.64. The molecule has 2 aromatic carbocycles. The second kappa shape index (κ2) is 8.43. The molecule has 0 N–H and O–H groups in total. The highest BCUT2D eigenvalue weighted by molar-refractivity contribution is 6.15. The van der Waals surface area contributed by atoms with Crippen LogP contribution >= 0.6 is 0 Å². The molecule has 26 heavy (non-hydrogen) atoms. The molecule has 5 heteroatoms. The van der Waals surface area contributed by atoms with Gasteiger partial charge in [-0.15, -0.1) is 0 Å². The molecule has 136 valence electrons. The third-order valence-corrected chi connectivity index (χ3v) is 3.72. The standard InChI is InChI=1S/C21H22O5/c1-13(2)26-19(22)12-25-21(24)17-8-6-5-7-16(17)20(23)18-11-14(3)9-10-15(18)4/h5-11,13H,12H2,1-4H3. The van der Waals surface area contributed by atoms with Crippen molar-refractivity contribution in [2.24, 2.45) is 0 Å². The SMILES string of the molecule is Cc1ccc(C)c(C(=O)c2ccccc2C(=O)OCC(=O)OC(C)C)c1. The summed E-state index contributed by atoms with van der Waals surface area (Å²) in [5.74, 6) is -1.63. The van der Waals surface area contributed by atoms with E-state index >= 15 is 0 Å². The Labute approximate surface area is 152 Å². The van der Waals surface area contributed by atoms with Gasteiger partial charge in [0.15, 0.2) is 12.4 Å². The summed E-state index contributed by atoms with van der Waals surface area (Å²) >= 11 is 0. The smallest absolute Gasteiger partial charge is 0.344 e. The fourth-order valence-corrected chi connectivity index (χ4v) is 2.48. The lowest BCUT2D eigenvalue weighted by atomic mass is 9.94. The summed E-state index contributed by atoms with van der Waals surface area (Å²) in [6, 6.07) is 12.0. The van der Waals surface area contributed by atoms with Gasteiger partial charge in [0.1, 0.15) is 0 Å². The van der Waals surface area contributed by atoms with Crippen LogP contribution in [0.3, 0.4) is 0 Å². The van der Waals surface area contributed by atoms with Crippen molar-refractivity contribution in [2.45, 2.75) is 33.8 Å². The van der Waals surface area contributed by atoms with Gasteiger partial charge < -0.3 is 9.47 Å². The normalized spacial score (nSPS) is 10.5. The lowest BCUT2D eigenvalue weighted by Crippen LogP contribution is -2.21. The van der Waals surface area contributed by atoms with Crippen LogP contribution in [0.15, 0.2) is 42.5 Å². The molecule has 2 aromatic rings. The van der Waals surface area contributed by atoms with E-state index in [2.05, 4.69) is 0 Å². The number of benzene rings is 2. The Morgan fingerprint density at radius 3 is 2.23 bits per heavy atom. The maximum absolute atomic E-state index is 12.9. The fraction of sp³-hybridized carbons (Fsp3) is 0.286. The number of aryl methyl sites for hydroxylation is 2. The van der Waals surface area contributed by atoms with Gasteiger partial charge in [-0.25, -0.2) is 9.59 Å². The Hall–Kier alpha value is -2.95. The molecular weight excluding hydrogens is 332 g/mol. The van der Waals surface area contributed by atoms with Crippen molar-refractivity contribution in [3.05, 3.63) is 70.3 Å². The molecule has 0 atom stereocenters. The molecule has 0 heterocycles. The lowest BCUT2D eigenvalue weighted by molar-refractivity contribution is -0.150. The molecule has 0 spiro atoms. The summed E-state index contributed by atoms with van der Waals surface area (Å²) in [7, 11) is 0. The minimum atomic E-state index is -0.736. The zero-order valence-corrected chi connectivity index (χ0v) is 15.4. The summed E-state index contributed by atoms with van der Waals surface area (Å²) < 4.78 is 9.94. The van der Waals surface area contributed by atoms with Crippen molar-refractivity contribution in [3.63, 3.8) is 0 Å². The van der Waals surface area contributed by atoms with Crippen molar-refractivity contribution in [3.8, 4) is 0 Å². The van der Waals surface area contributed by atoms with E-state index in [1.165, 1.54) is 6.07 Å². The van der Waals surface area contributed by atoms with Crippen molar-refractivity contribution in [1.29, 1.82) is 0 Å². The number of ketones is 1. The van der Waals surface area contributed by atoms with E-state index in [1.807, 2.05) is 26.0 Å². The van der Waals surface area contributed by atoms with E-state index in [0.717, 1.165) is 11.1 Å². The van der Waals surface area contributed by atoms with Crippen LogP contribution in [0.25, 0.3) is 0 Å². The number of hydrogen-bond acceptors (Lipinski definition) is 5. The Kier molecular flexibility index (Phi) is 6.28. The van der Waals surface area contributed by atoms with Crippen molar-refractivity contribution in [1.82, 2.24) is 0 Å². The number of carbonyl (C=O) groups excluding carboxylic acids is 3. The average molecular weight is 354 g/mol. The maximum atomic E-state index is 12.9. The molecule has 0 bridgehead atoms. The van der Waals surface area contributed by atoms with Gasteiger partial charge >= 0.3 is 11.9 Å². The van der Waals surface area contributed by atoms with Crippen molar-refractivity contribution < 1.29 is 23.9 Å². The quantitative estimate of drug-likeness (QED) is 0.585. The summed E-state index contributed by atoms with van der Waals surface area (Å²) in [5, 5.41) is 0. The average Bonchev–Trinajstić information content (AvgIpc) is 2.60. The largest absolute Gasteiger partial charge is 0.460 e. The van der Waals surface area contributed by atoms with Gasteiger partial charge in [-0.05, 0) is 45.4 Å². The summed E-state index contributed by atoms with van der Waals surface area (Å²) in [6.07, 6.45) is -0.292. The van der Waals surface area contributed by atoms with Crippen LogP contribution in [-0.2, 0) is 14.3 Å². The van der Waals surface area contributed by atoms with Gasteiger partial charge in [-0.2, -0.15) is 0 Å². The van der Waals surface area contributed by atoms with Gasteiger partial charge in [0.2, 0.25) is 0 Å². The van der Waals surface area contributed by atoms with Crippen LogP contribution in [-0.4, -0.2) is 30.4 Å². The molecule has 0 fully saturated rings. The van der Waals surface area contributed by atoms with E-state index in [-0.39, 0.29) is 23.0 Å². The minimum absolute atomic E-state index is 0.121. The van der Waals surface area contributed by atoms with Gasteiger partial charge in [0.05, 0.1) is 11.7 Å². The molecule has 0 saturated carbocycles. The first kappa shape index (κ1) is 19.4. The number of esters is 2. The lowest BCUT2D eigenvalue weighted by Gasteiger charge is -2.11. The molecule has 0 aliphatic rings. The topological polar surface area (TPSA) is 69.7 Å². The zero-order valence-electron chi connectivity index (χ0n) is 15.4. The van der Waals surface area contributed by atoms with Crippen molar-refractivity contribution >= 4 is 17.7 Å². The van der Waals surface area contributed by atoms with Crippen LogP contribution in [0.1, 0.15) is 51.3 Å². The van der Waals surface area contributed by atoms with Gasteiger partial charge in [-0.1, -0.05) is 35.9 Å². The zero-order chi connectivity index (χ0) is 19.3. The van der Waals surface area contributed by atoms with E-state index in [4.69, 9.17) is 9.47 Å². The van der Waals surface area contributed by atoms with Crippen LogP contribution in [0.5, 0.6) is 0 Å². The van der Waals surface area contributed by atoms with E-state index < -0.39 is 18.5 Å². The van der Waals surface area contributed by atoms with Crippen LogP contribution in [0.4, 0.5) is 0 Å². The third kappa shape index (κ3) is 4.79. The van der Waals surface area contributed by atoms with Crippen molar-refractivity contribution in [2.75, 3.05) is 6.61 Å². The molecule has 0 aromatic heterocycles.